The van der Waals surface area contributed by atoms with Gasteiger partial charge in [0.1, 0.15) is 0 Å². The maximum atomic E-state index is 6.34. The fourth-order valence-corrected chi connectivity index (χ4v) is 4.59. The molecule has 2 heterocycles. The van der Waals surface area contributed by atoms with E-state index in [1.165, 1.54) is 22.3 Å². The van der Waals surface area contributed by atoms with E-state index in [-0.39, 0.29) is 11.5 Å². The van der Waals surface area contributed by atoms with Gasteiger partial charge in [-0.1, -0.05) is 50.3 Å². The second-order valence-electron chi connectivity index (χ2n) is 8.91. The number of rotatable bonds is 6. The predicted octanol–water partition coefficient (Wildman–Crippen LogP) is 5.23. The third kappa shape index (κ3) is 4.26. The Bertz CT molecular complexity index is 904. The molecule has 2 aliphatic heterocycles. The Labute approximate surface area is 180 Å². The van der Waals surface area contributed by atoms with E-state index in [9.17, 15) is 0 Å². The van der Waals surface area contributed by atoms with Crippen LogP contribution in [0.1, 0.15) is 49.5 Å². The predicted molar refractivity (Wildman–Crippen MR) is 121 cm³/mol. The van der Waals surface area contributed by atoms with Crippen molar-refractivity contribution in [2.24, 2.45) is 0 Å². The van der Waals surface area contributed by atoms with Crippen molar-refractivity contribution in [3.8, 4) is 11.5 Å². The average molecular weight is 408 g/mol. The van der Waals surface area contributed by atoms with Crippen molar-refractivity contribution >= 4 is 5.57 Å². The Morgan fingerprint density at radius 3 is 2.47 bits per heavy atom. The van der Waals surface area contributed by atoms with E-state index in [0.717, 1.165) is 50.6 Å². The van der Waals surface area contributed by atoms with E-state index >= 15 is 0 Å². The monoisotopic (exact) mass is 407 g/mol. The van der Waals surface area contributed by atoms with Gasteiger partial charge in [-0.2, -0.15) is 0 Å². The van der Waals surface area contributed by atoms with Crippen LogP contribution in [0, 0.1) is 0 Å². The third-order valence-corrected chi connectivity index (χ3v) is 6.42. The lowest BCUT2D eigenvalue weighted by molar-refractivity contribution is -0.00285. The minimum absolute atomic E-state index is 0.0379. The normalized spacial score (nSPS) is 20.9. The molecule has 0 spiro atoms. The SMILES string of the molecule is COc1cc2c(cc1OC)C(C)(C)COC2CCN1CC=C(c2ccccc2)CC1. The molecule has 0 saturated carbocycles. The first-order valence-corrected chi connectivity index (χ1v) is 10.9. The molecule has 0 aromatic heterocycles. The average Bonchev–Trinajstić information content (AvgIpc) is 2.78. The van der Waals surface area contributed by atoms with Crippen molar-refractivity contribution in [2.75, 3.05) is 40.5 Å². The van der Waals surface area contributed by atoms with E-state index in [0.29, 0.717) is 0 Å². The summed E-state index contributed by atoms with van der Waals surface area (Å²) in [6, 6.07) is 15.0. The van der Waals surface area contributed by atoms with Gasteiger partial charge in [0.25, 0.3) is 0 Å². The van der Waals surface area contributed by atoms with Gasteiger partial charge in [0.2, 0.25) is 0 Å². The molecule has 1 atom stereocenters. The lowest BCUT2D eigenvalue weighted by Gasteiger charge is -2.38. The number of hydrogen-bond donors (Lipinski definition) is 0. The molecule has 0 aliphatic carbocycles. The molecule has 4 rings (SSSR count). The van der Waals surface area contributed by atoms with Crippen molar-refractivity contribution in [2.45, 2.75) is 38.2 Å². The van der Waals surface area contributed by atoms with Crippen LogP contribution in [0.15, 0.2) is 48.5 Å². The van der Waals surface area contributed by atoms with Crippen LogP contribution in [0.5, 0.6) is 11.5 Å². The second kappa shape index (κ2) is 8.83. The number of methoxy groups -OCH3 is 2. The van der Waals surface area contributed by atoms with Gasteiger partial charge in [-0.05, 0) is 47.2 Å². The van der Waals surface area contributed by atoms with Crippen LogP contribution in [-0.2, 0) is 10.2 Å². The van der Waals surface area contributed by atoms with E-state index in [2.05, 4.69) is 67.3 Å². The van der Waals surface area contributed by atoms with Crippen molar-refractivity contribution in [1.82, 2.24) is 4.90 Å². The van der Waals surface area contributed by atoms with Gasteiger partial charge in [0.15, 0.2) is 11.5 Å². The number of ether oxygens (including phenoxy) is 3. The lowest BCUT2D eigenvalue weighted by Crippen LogP contribution is -2.35. The Balaban J connectivity index is 1.46. The molecule has 2 aliphatic rings. The summed E-state index contributed by atoms with van der Waals surface area (Å²) in [5.74, 6) is 1.57. The second-order valence-corrected chi connectivity index (χ2v) is 8.91. The van der Waals surface area contributed by atoms with Crippen LogP contribution < -0.4 is 9.47 Å². The number of hydrogen-bond acceptors (Lipinski definition) is 4. The molecule has 4 heteroatoms. The van der Waals surface area contributed by atoms with Crippen LogP contribution in [0.2, 0.25) is 0 Å². The summed E-state index contributed by atoms with van der Waals surface area (Å²) in [7, 11) is 3.39. The maximum absolute atomic E-state index is 6.34. The minimum atomic E-state index is -0.0379. The van der Waals surface area contributed by atoms with E-state index in [1.807, 2.05) is 0 Å². The number of benzene rings is 2. The first kappa shape index (κ1) is 21.0. The third-order valence-electron chi connectivity index (χ3n) is 6.42. The highest BCUT2D eigenvalue weighted by Gasteiger charge is 2.35. The zero-order valence-corrected chi connectivity index (χ0v) is 18.6. The molecule has 0 amide bonds. The Hall–Kier alpha value is -2.30. The standard InChI is InChI=1S/C26H33NO3/c1-26(2)18-30-23(21-16-24(28-3)25(29-4)17-22(21)26)12-15-27-13-10-20(11-14-27)19-8-6-5-7-9-19/h5-10,16-17,23H,11-15,18H2,1-4H3. The van der Waals surface area contributed by atoms with Gasteiger partial charge in [-0.25, -0.2) is 0 Å². The molecule has 160 valence electrons. The van der Waals surface area contributed by atoms with Crippen LogP contribution in [0.3, 0.4) is 0 Å². The molecule has 0 saturated heterocycles. The summed E-state index contributed by atoms with van der Waals surface area (Å²) >= 11 is 0. The largest absolute Gasteiger partial charge is 0.493 e. The Morgan fingerprint density at radius 2 is 1.80 bits per heavy atom. The molecule has 4 nitrogen and oxygen atoms in total. The first-order chi connectivity index (χ1) is 14.5. The number of fused-ring (bicyclic) bond motifs is 1. The topological polar surface area (TPSA) is 30.9 Å². The van der Waals surface area contributed by atoms with E-state index in [4.69, 9.17) is 14.2 Å². The van der Waals surface area contributed by atoms with Crippen LogP contribution in [0.25, 0.3) is 5.57 Å². The Morgan fingerprint density at radius 1 is 1.07 bits per heavy atom. The molecule has 0 bridgehead atoms. The van der Waals surface area contributed by atoms with Gasteiger partial charge >= 0.3 is 0 Å². The minimum Gasteiger partial charge on any atom is -0.493 e. The molecule has 2 aromatic rings. The Kier molecular flexibility index (Phi) is 6.16. The summed E-state index contributed by atoms with van der Waals surface area (Å²) in [5.41, 5.74) is 5.32. The molecular formula is C26H33NO3. The summed E-state index contributed by atoms with van der Waals surface area (Å²) < 4.78 is 17.5. The lowest BCUT2D eigenvalue weighted by atomic mass is 9.78. The highest BCUT2D eigenvalue weighted by Crippen LogP contribution is 2.44. The van der Waals surface area contributed by atoms with Gasteiger partial charge < -0.3 is 14.2 Å². The highest BCUT2D eigenvalue weighted by atomic mass is 16.5. The van der Waals surface area contributed by atoms with Gasteiger partial charge in [-0.3, -0.25) is 4.90 Å². The quantitative estimate of drug-likeness (QED) is 0.656. The fraction of sp³-hybridized carbons (Fsp3) is 0.462. The van der Waals surface area contributed by atoms with Crippen molar-refractivity contribution < 1.29 is 14.2 Å². The first-order valence-electron chi connectivity index (χ1n) is 10.9. The van der Waals surface area contributed by atoms with Gasteiger partial charge in [0.05, 0.1) is 26.9 Å². The molecule has 1 unspecified atom stereocenters. The molecule has 2 aromatic carbocycles. The van der Waals surface area contributed by atoms with Gasteiger partial charge in [-0.15, -0.1) is 0 Å². The molecule has 0 fully saturated rings. The molecule has 0 N–H and O–H groups in total. The van der Waals surface area contributed by atoms with Crippen LogP contribution in [-0.4, -0.2) is 45.4 Å². The van der Waals surface area contributed by atoms with Crippen LogP contribution >= 0.6 is 0 Å². The van der Waals surface area contributed by atoms with E-state index in [1.54, 1.807) is 14.2 Å². The smallest absolute Gasteiger partial charge is 0.161 e. The fourth-order valence-electron chi connectivity index (χ4n) is 4.59. The highest BCUT2D eigenvalue weighted by molar-refractivity contribution is 5.66. The van der Waals surface area contributed by atoms with E-state index < -0.39 is 0 Å². The summed E-state index contributed by atoms with van der Waals surface area (Å²) in [4.78, 5) is 2.52. The summed E-state index contributed by atoms with van der Waals surface area (Å²) in [6.07, 6.45) is 4.55. The summed E-state index contributed by atoms with van der Waals surface area (Å²) in [6.45, 7) is 8.30. The summed E-state index contributed by atoms with van der Waals surface area (Å²) in [5, 5.41) is 0. The van der Waals surface area contributed by atoms with Crippen molar-refractivity contribution in [1.29, 1.82) is 0 Å². The van der Waals surface area contributed by atoms with Crippen molar-refractivity contribution in [3.05, 3.63) is 65.2 Å². The zero-order valence-electron chi connectivity index (χ0n) is 18.6. The zero-order chi connectivity index (χ0) is 21.1. The molecule has 30 heavy (non-hydrogen) atoms. The van der Waals surface area contributed by atoms with Crippen molar-refractivity contribution in [3.63, 3.8) is 0 Å². The van der Waals surface area contributed by atoms with Gasteiger partial charge in [0, 0.05) is 25.0 Å². The maximum Gasteiger partial charge on any atom is 0.161 e. The number of nitrogens with zero attached hydrogens (tertiary/aromatic N) is 1. The van der Waals surface area contributed by atoms with Crippen LogP contribution in [0.4, 0.5) is 0 Å². The molecule has 0 radical (unpaired) electrons. The molecular weight excluding hydrogens is 374 g/mol.